The van der Waals surface area contributed by atoms with Gasteiger partial charge in [0.05, 0.1) is 12.9 Å². The van der Waals surface area contributed by atoms with Gasteiger partial charge in [-0.3, -0.25) is 4.99 Å². The number of sulfonamides is 1. The van der Waals surface area contributed by atoms with E-state index in [0.717, 1.165) is 36.8 Å². The molecule has 0 amide bonds. The molecule has 0 spiro atoms. The van der Waals surface area contributed by atoms with Crippen LogP contribution in [0.4, 0.5) is 0 Å². The molecule has 3 N–H and O–H groups in total. The van der Waals surface area contributed by atoms with Crippen LogP contribution in [0.2, 0.25) is 0 Å². The average Bonchev–Trinajstić information content (AvgIpc) is 2.61. The van der Waals surface area contributed by atoms with Crippen LogP contribution >= 0.6 is 0 Å². The normalized spacial score (nSPS) is 12.1. The standard InChI is InChI=1S/C18H32N4O3S/c1-5-19-18(20-11-7-12-22-26(23,24)6-2)21-13-10-16-14-15(3)8-9-17(16)25-4/h8-9,14,22H,5-7,10-13H2,1-4H3,(H2,19,20,21). The number of aliphatic imine (C=N–C) groups is 1. The van der Waals surface area contributed by atoms with E-state index in [2.05, 4.69) is 33.3 Å². The number of rotatable bonds is 11. The smallest absolute Gasteiger partial charge is 0.211 e. The van der Waals surface area contributed by atoms with Gasteiger partial charge in [-0.1, -0.05) is 17.7 Å². The predicted molar refractivity (Wildman–Crippen MR) is 107 cm³/mol. The summed E-state index contributed by atoms with van der Waals surface area (Å²) in [6, 6.07) is 6.15. The van der Waals surface area contributed by atoms with Crippen LogP contribution in [0.25, 0.3) is 0 Å². The molecule has 26 heavy (non-hydrogen) atoms. The van der Waals surface area contributed by atoms with Crippen molar-refractivity contribution in [3.63, 3.8) is 0 Å². The molecule has 0 radical (unpaired) electrons. The second-order valence-electron chi connectivity index (χ2n) is 5.90. The molecule has 0 aliphatic heterocycles. The van der Waals surface area contributed by atoms with Crippen LogP contribution in [0, 0.1) is 6.92 Å². The van der Waals surface area contributed by atoms with Gasteiger partial charge in [0.15, 0.2) is 5.96 Å². The molecular formula is C18H32N4O3S. The highest BCUT2D eigenvalue weighted by Crippen LogP contribution is 2.19. The molecule has 0 saturated carbocycles. The van der Waals surface area contributed by atoms with E-state index in [0.29, 0.717) is 19.5 Å². The summed E-state index contributed by atoms with van der Waals surface area (Å²) in [6.45, 7) is 8.15. The van der Waals surface area contributed by atoms with Crippen molar-refractivity contribution in [2.24, 2.45) is 4.99 Å². The van der Waals surface area contributed by atoms with Gasteiger partial charge in [-0.2, -0.15) is 0 Å². The van der Waals surface area contributed by atoms with E-state index < -0.39 is 10.0 Å². The van der Waals surface area contributed by atoms with Gasteiger partial charge >= 0.3 is 0 Å². The third-order valence-electron chi connectivity index (χ3n) is 3.77. The van der Waals surface area contributed by atoms with Crippen molar-refractivity contribution in [1.29, 1.82) is 0 Å². The van der Waals surface area contributed by atoms with Gasteiger partial charge in [0.25, 0.3) is 0 Å². The maximum absolute atomic E-state index is 11.4. The number of nitrogens with zero attached hydrogens (tertiary/aromatic N) is 1. The van der Waals surface area contributed by atoms with Gasteiger partial charge in [-0.05, 0) is 45.2 Å². The molecule has 0 saturated heterocycles. The van der Waals surface area contributed by atoms with E-state index in [1.165, 1.54) is 5.56 Å². The molecule has 0 aliphatic carbocycles. The van der Waals surface area contributed by atoms with E-state index in [1.807, 2.05) is 19.1 Å². The SMILES string of the molecule is CCNC(=NCCCNS(=O)(=O)CC)NCCc1cc(C)ccc1OC. The van der Waals surface area contributed by atoms with Crippen LogP contribution in [0.3, 0.4) is 0 Å². The number of methoxy groups -OCH3 is 1. The van der Waals surface area contributed by atoms with Gasteiger partial charge in [-0.15, -0.1) is 0 Å². The van der Waals surface area contributed by atoms with Crippen molar-refractivity contribution in [1.82, 2.24) is 15.4 Å². The Balaban J connectivity index is 2.46. The molecule has 0 unspecified atom stereocenters. The Morgan fingerprint density at radius 1 is 1.19 bits per heavy atom. The fourth-order valence-corrected chi connectivity index (χ4v) is 3.02. The van der Waals surface area contributed by atoms with Crippen molar-refractivity contribution in [2.75, 3.05) is 39.0 Å². The number of benzene rings is 1. The van der Waals surface area contributed by atoms with Gasteiger partial charge < -0.3 is 15.4 Å². The minimum absolute atomic E-state index is 0.100. The minimum atomic E-state index is -3.13. The van der Waals surface area contributed by atoms with E-state index in [-0.39, 0.29) is 5.75 Å². The second-order valence-corrected chi connectivity index (χ2v) is 8.00. The number of hydrogen-bond acceptors (Lipinski definition) is 4. The number of nitrogens with one attached hydrogen (secondary N) is 3. The largest absolute Gasteiger partial charge is 0.496 e. The van der Waals surface area contributed by atoms with Crippen molar-refractivity contribution in [3.05, 3.63) is 29.3 Å². The Morgan fingerprint density at radius 3 is 2.62 bits per heavy atom. The van der Waals surface area contributed by atoms with E-state index in [1.54, 1.807) is 14.0 Å². The molecular weight excluding hydrogens is 352 g/mol. The fraction of sp³-hybridized carbons (Fsp3) is 0.611. The molecule has 0 aliphatic rings. The first-order chi connectivity index (χ1) is 12.4. The maximum Gasteiger partial charge on any atom is 0.211 e. The molecule has 0 bridgehead atoms. The quantitative estimate of drug-likeness (QED) is 0.305. The number of ether oxygens (including phenoxy) is 1. The summed E-state index contributed by atoms with van der Waals surface area (Å²) < 4.78 is 30.7. The average molecular weight is 385 g/mol. The van der Waals surface area contributed by atoms with Crippen LogP contribution < -0.4 is 20.1 Å². The van der Waals surface area contributed by atoms with Gasteiger partial charge in [0.1, 0.15) is 5.75 Å². The topological polar surface area (TPSA) is 91.8 Å². The highest BCUT2D eigenvalue weighted by Gasteiger charge is 2.05. The van der Waals surface area contributed by atoms with Gasteiger partial charge in [-0.25, -0.2) is 13.1 Å². The lowest BCUT2D eigenvalue weighted by molar-refractivity contribution is 0.409. The third-order valence-corrected chi connectivity index (χ3v) is 5.18. The maximum atomic E-state index is 11.4. The summed E-state index contributed by atoms with van der Waals surface area (Å²) in [5.41, 5.74) is 2.36. The Hall–Kier alpha value is -1.80. The van der Waals surface area contributed by atoms with E-state index in [9.17, 15) is 8.42 Å². The molecule has 0 aromatic heterocycles. The van der Waals surface area contributed by atoms with Crippen molar-refractivity contribution < 1.29 is 13.2 Å². The highest BCUT2D eigenvalue weighted by atomic mass is 32.2. The summed E-state index contributed by atoms with van der Waals surface area (Å²) in [7, 11) is -1.45. The number of guanidine groups is 1. The molecule has 1 aromatic rings. The van der Waals surface area contributed by atoms with Gasteiger partial charge in [0.2, 0.25) is 10.0 Å². The molecule has 8 heteroatoms. The first-order valence-electron chi connectivity index (χ1n) is 9.04. The summed E-state index contributed by atoms with van der Waals surface area (Å²) in [5.74, 6) is 1.73. The number of aryl methyl sites for hydroxylation is 1. The Bertz CT molecular complexity index is 675. The molecule has 1 rings (SSSR count). The predicted octanol–water partition coefficient (Wildman–Crippen LogP) is 1.43. The minimum Gasteiger partial charge on any atom is -0.496 e. The first-order valence-corrected chi connectivity index (χ1v) is 10.7. The van der Waals surface area contributed by atoms with Crippen LogP contribution in [-0.2, 0) is 16.4 Å². The van der Waals surface area contributed by atoms with Crippen LogP contribution in [0.5, 0.6) is 5.75 Å². The molecule has 0 atom stereocenters. The van der Waals surface area contributed by atoms with Crippen molar-refractivity contribution in [3.8, 4) is 5.75 Å². The summed E-state index contributed by atoms with van der Waals surface area (Å²) in [4.78, 5) is 4.48. The molecule has 0 heterocycles. The summed E-state index contributed by atoms with van der Waals surface area (Å²) >= 11 is 0. The third kappa shape index (κ3) is 8.53. The highest BCUT2D eigenvalue weighted by molar-refractivity contribution is 7.89. The Kier molecular flexibility index (Phi) is 10.0. The van der Waals surface area contributed by atoms with E-state index >= 15 is 0 Å². The monoisotopic (exact) mass is 384 g/mol. The second kappa shape index (κ2) is 11.7. The Labute approximate surface area is 157 Å². The molecule has 7 nitrogen and oxygen atoms in total. The van der Waals surface area contributed by atoms with Crippen LogP contribution in [-0.4, -0.2) is 53.4 Å². The number of hydrogen-bond donors (Lipinski definition) is 3. The lowest BCUT2D eigenvalue weighted by Crippen LogP contribution is -2.38. The molecule has 148 valence electrons. The van der Waals surface area contributed by atoms with Crippen LogP contribution in [0.1, 0.15) is 31.4 Å². The lowest BCUT2D eigenvalue weighted by Gasteiger charge is -2.13. The zero-order valence-electron chi connectivity index (χ0n) is 16.3. The van der Waals surface area contributed by atoms with Gasteiger partial charge in [0, 0.05) is 26.2 Å². The fourth-order valence-electron chi connectivity index (χ4n) is 2.36. The lowest BCUT2D eigenvalue weighted by atomic mass is 10.1. The zero-order chi connectivity index (χ0) is 19.4. The Morgan fingerprint density at radius 2 is 1.96 bits per heavy atom. The molecule has 1 aromatic carbocycles. The first kappa shape index (κ1) is 22.2. The summed E-state index contributed by atoms with van der Waals surface area (Å²) in [5, 5.41) is 6.50. The van der Waals surface area contributed by atoms with Crippen molar-refractivity contribution in [2.45, 2.75) is 33.6 Å². The summed E-state index contributed by atoms with van der Waals surface area (Å²) in [6.07, 6.45) is 1.48. The van der Waals surface area contributed by atoms with E-state index in [4.69, 9.17) is 4.74 Å². The van der Waals surface area contributed by atoms with Crippen molar-refractivity contribution >= 4 is 16.0 Å². The molecule has 0 fully saturated rings. The zero-order valence-corrected chi connectivity index (χ0v) is 17.1. The van der Waals surface area contributed by atoms with Crippen LogP contribution in [0.15, 0.2) is 23.2 Å².